The molecule has 0 radical (unpaired) electrons. The fraction of sp³-hybridized carbons (Fsp3) is 0. The summed E-state index contributed by atoms with van der Waals surface area (Å²) in [5, 5.41) is 14.1. The topological polar surface area (TPSA) is 9.86 Å². The van der Waals surface area contributed by atoms with Crippen LogP contribution in [0.1, 0.15) is 2.74 Å². The van der Waals surface area contributed by atoms with Crippen LogP contribution in [0.3, 0.4) is 0 Å². The Morgan fingerprint density at radius 3 is 1.12 bits per heavy atom. The summed E-state index contributed by atoms with van der Waals surface area (Å²) in [7, 11) is 0. The van der Waals surface area contributed by atoms with E-state index in [0.717, 1.165) is 88.0 Å². The van der Waals surface area contributed by atoms with Gasteiger partial charge >= 0.3 is 0 Å². The van der Waals surface area contributed by atoms with Gasteiger partial charge in [0.2, 0.25) is 0 Å². The van der Waals surface area contributed by atoms with E-state index in [0.29, 0.717) is 12.1 Å². The number of hydrogen-bond donors (Lipinski definition) is 0. The number of aromatic nitrogens is 2. The number of hydrogen-bond acceptors (Lipinski definition) is 0. The van der Waals surface area contributed by atoms with Gasteiger partial charge in [0, 0.05) is 44.0 Å². The Morgan fingerprint density at radius 1 is 0.258 bits per heavy atom. The Bertz CT molecular complexity index is 4140. The Balaban J connectivity index is 1.18. The van der Waals surface area contributed by atoms with Crippen molar-refractivity contribution in [1.29, 1.82) is 0 Å². The molecule has 12 aromatic carbocycles. The molecule has 2 heterocycles. The van der Waals surface area contributed by atoms with Crippen molar-refractivity contribution in [2.45, 2.75) is 0 Å². The zero-order valence-electron chi connectivity index (χ0n) is 37.8. The van der Waals surface area contributed by atoms with Gasteiger partial charge in [-0.2, -0.15) is 0 Å². The van der Waals surface area contributed by atoms with Gasteiger partial charge in [0.1, 0.15) is 0 Å². The normalized spacial score (nSPS) is 12.4. The lowest BCUT2D eigenvalue weighted by Crippen LogP contribution is -1.97. The summed E-state index contributed by atoms with van der Waals surface area (Å²) < 4.78 is 23.0. The molecule has 0 aliphatic heterocycles. The first-order valence-corrected chi connectivity index (χ1v) is 22.7. The van der Waals surface area contributed by atoms with Gasteiger partial charge in [0.05, 0.1) is 24.8 Å². The third-order valence-electron chi connectivity index (χ3n) is 13.9. The van der Waals surface area contributed by atoms with E-state index in [1.807, 2.05) is 36.4 Å². The average Bonchev–Trinajstić information content (AvgIpc) is 3.91. The molecule has 14 aromatic rings. The van der Waals surface area contributed by atoms with Gasteiger partial charge in [-0.1, -0.05) is 194 Å². The minimum absolute atomic E-state index is 0.475. The van der Waals surface area contributed by atoms with E-state index in [4.69, 9.17) is 0 Å². The molecule has 14 rings (SSSR count). The van der Waals surface area contributed by atoms with Crippen LogP contribution in [0, 0.1) is 0 Å². The Kier molecular flexibility index (Phi) is 7.58. The molecule has 0 bridgehead atoms. The average molecular weight is 839 g/mol. The first kappa shape index (κ1) is 34.7. The monoisotopic (exact) mass is 838 g/mol. The highest BCUT2D eigenvalue weighted by Crippen LogP contribution is 2.50. The summed E-state index contributed by atoms with van der Waals surface area (Å²) in [6, 6.07) is 83.4. The summed E-state index contributed by atoms with van der Waals surface area (Å²) in [6.45, 7) is 0. The quantitative estimate of drug-likeness (QED) is 0.153. The molecule has 0 aliphatic rings. The molecular formula is C64H40N2. The first-order valence-electron chi connectivity index (χ1n) is 23.7. The molecule has 306 valence electrons. The maximum atomic E-state index is 9.20. The number of benzene rings is 12. The van der Waals surface area contributed by atoms with Crippen LogP contribution in [-0.2, 0) is 0 Å². The summed E-state index contributed by atoms with van der Waals surface area (Å²) in [5.74, 6) is 0. The maximum Gasteiger partial charge on any atom is 0.0645 e. The summed E-state index contributed by atoms with van der Waals surface area (Å²) in [4.78, 5) is 0. The fourth-order valence-corrected chi connectivity index (χ4v) is 11.2. The van der Waals surface area contributed by atoms with Crippen molar-refractivity contribution in [3.05, 3.63) is 243 Å². The van der Waals surface area contributed by atoms with Crippen molar-refractivity contribution in [1.82, 2.24) is 9.13 Å². The number of nitrogens with zero attached hydrogens (tertiary/aromatic N) is 2. The SMILES string of the molecule is [2H]c1ccccc1-n1c2ccccc2c2cccc(-c3cccc4c(-c5c6ccccc6cc6ccccc56)c5cccc(-c6cccc7c8ccccc8n(-c8ccccc8[2H])c67)c5cc34)c21. The largest absolute Gasteiger partial charge is 0.309 e. The molecule has 0 spiro atoms. The Hall–Kier alpha value is -8.72. The standard InChI is InChI=1S/C64H40N2/c1-3-21-43(22-4-1)65-59-37-13-11-27-49(59)55-35-17-33-53(63(55)65)47-29-15-31-51-57(47)40-58-48(54-34-18-36-56-50-28-12-14-38-60(50)66(64(54)56)44-23-5-2-6-24-44)30-16-32-52(58)62(51)61-45-25-9-7-19-41(45)39-42-20-8-10-26-46(42)61/h1-40H/i21D,23D. The molecule has 0 saturated heterocycles. The zero-order chi connectivity index (χ0) is 45.0. The van der Waals surface area contributed by atoms with Crippen LogP contribution < -0.4 is 0 Å². The highest BCUT2D eigenvalue weighted by molar-refractivity contribution is 6.28. The van der Waals surface area contributed by atoms with Gasteiger partial charge < -0.3 is 9.13 Å². The van der Waals surface area contributed by atoms with Gasteiger partial charge in [0.25, 0.3) is 0 Å². The van der Waals surface area contributed by atoms with Crippen LogP contribution in [-0.4, -0.2) is 9.13 Å². The van der Waals surface area contributed by atoms with E-state index >= 15 is 0 Å². The van der Waals surface area contributed by atoms with Crippen LogP contribution in [0.4, 0.5) is 0 Å². The van der Waals surface area contributed by atoms with Crippen molar-refractivity contribution < 1.29 is 2.74 Å². The predicted molar refractivity (Wildman–Crippen MR) is 281 cm³/mol. The number of rotatable bonds is 5. The van der Waals surface area contributed by atoms with Crippen LogP contribution in [0.2, 0.25) is 0 Å². The third-order valence-corrected chi connectivity index (χ3v) is 13.9. The van der Waals surface area contributed by atoms with Gasteiger partial charge in [-0.3, -0.25) is 0 Å². The van der Waals surface area contributed by atoms with Gasteiger partial charge in [-0.05, 0) is 114 Å². The highest BCUT2D eigenvalue weighted by Gasteiger charge is 2.24. The number of fused-ring (bicyclic) bond motifs is 10. The molecule has 66 heavy (non-hydrogen) atoms. The summed E-state index contributed by atoms with van der Waals surface area (Å²) >= 11 is 0. The Labute approximate surface area is 384 Å². The van der Waals surface area contributed by atoms with Crippen molar-refractivity contribution >= 4 is 86.7 Å². The van der Waals surface area contributed by atoms with Crippen molar-refractivity contribution in [2.75, 3.05) is 0 Å². The van der Waals surface area contributed by atoms with E-state index in [2.05, 4.69) is 203 Å². The summed E-state index contributed by atoms with van der Waals surface area (Å²) in [6.07, 6.45) is 0. The molecule has 2 nitrogen and oxygen atoms in total. The third kappa shape index (κ3) is 5.30. The minimum atomic E-state index is 0.475. The zero-order valence-corrected chi connectivity index (χ0v) is 35.8. The maximum absolute atomic E-state index is 9.20. The van der Waals surface area contributed by atoms with E-state index < -0.39 is 0 Å². The first-order chi connectivity index (χ1) is 33.6. The molecule has 2 heteroatoms. The lowest BCUT2D eigenvalue weighted by Gasteiger charge is -2.21. The van der Waals surface area contributed by atoms with Crippen molar-refractivity contribution in [2.24, 2.45) is 0 Å². The molecule has 0 aliphatic carbocycles. The second-order valence-electron chi connectivity index (χ2n) is 17.4. The number of para-hydroxylation sites is 6. The van der Waals surface area contributed by atoms with Crippen LogP contribution in [0.15, 0.2) is 243 Å². The minimum Gasteiger partial charge on any atom is -0.309 e. The van der Waals surface area contributed by atoms with E-state index in [1.54, 1.807) is 0 Å². The van der Waals surface area contributed by atoms with E-state index in [9.17, 15) is 2.74 Å². The Morgan fingerprint density at radius 2 is 0.636 bits per heavy atom. The van der Waals surface area contributed by atoms with Gasteiger partial charge in [0.15, 0.2) is 0 Å². The van der Waals surface area contributed by atoms with Crippen LogP contribution in [0.25, 0.3) is 131 Å². The molecule has 0 amide bonds. The van der Waals surface area contributed by atoms with E-state index in [-0.39, 0.29) is 0 Å². The predicted octanol–water partition coefficient (Wildman–Crippen LogP) is 17.5. The second kappa shape index (κ2) is 14.4. The molecule has 0 unspecified atom stereocenters. The lowest BCUT2D eigenvalue weighted by molar-refractivity contribution is 1.18. The van der Waals surface area contributed by atoms with E-state index in [1.165, 1.54) is 43.4 Å². The molecule has 0 fully saturated rings. The molecule has 0 N–H and O–H groups in total. The van der Waals surface area contributed by atoms with Crippen molar-refractivity contribution in [3.63, 3.8) is 0 Å². The molecule has 0 atom stereocenters. The van der Waals surface area contributed by atoms with Gasteiger partial charge in [-0.25, -0.2) is 0 Å². The van der Waals surface area contributed by atoms with Crippen LogP contribution >= 0.6 is 0 Å². The second-order valence-corrected chi connectivity index (χ2v) is 17.4. The lowest BCUT2D eigenvalue weighted by atomic mass is 9.83. The summed E-state index contributed by atoms with van der Waals surface area (Å²) in [5.41, 5.74) is 12.9. The van der Waals surface area contributed by atoms with Gasteiger partial charge in [-0.15, -0.1) is 0 Å². The highest BCUT2D eigenvalue weighted by atomic mass is 15.0. The molecule has 2 aromatic heterocycles. The van der Waals surface area contributed by atoms with Crippen molar-refractivity contribution in [3.8, 4) is 44.8 Å². The molecule has 0 saturated carbocycles. The fourth-order valence-electron chi connectivity index (χ4n) is 11.2. The molecular weight excluding hydrogens is 797 g/mol. The smallest absolute Gasteiger partial charge is 0.0645 e. The van der Waals surface area contributed by atoms with Crippen LogP contribution in [0.5, 0.6) is 0 Å².